The Balaban J connectivity index is 0. The summed E-state index contributed by atoms with van der Waals surface area (Å²) in [5.74, 6) is 0.287. The van der Waals surface area contributed by atoms with Crippen LogP contribution in [0.25, 0.3) is 0 Å². The Hall–Kier alpha value is -1.23. The third kappa shape index (κ3) is 15.9. The molecule has 0 aromatic carbocycles. The number of anilines is 1. The van der Waals surface area contributed by atoms with E-state index in [0.717, 1.165) is 0 Å². The zero-order valence-corrected chi connectivity index (χ0v) is 6.82. The van der Waals surface area contributed by atoms with Gasteiger partial charge in [0.05, 0.1) is 0 Å². The highest BCUT2D eigenvalue weighted by Gasteiger charge is 1.81. The van der Waals surface area contributed by atoms with E-state index >= 15 is 0 Å². The molecule has 9 nitrogen and oxygen atoms in total. The molecule has 0 aliphatic heterocycles. The Morgan fingerprint density at radius 3 is 2.08 bits per heavy atom. The van der Waals surface area contributed by atoms with Crippen LogP contribution in [0.3, 0.4) is 0 Å². The molecule has 1 heterocycles. The summed E-state index contributed by atoms with van der Waals surface area (Å²) in [4.78, 5) is 3.53. The summed E-state index contributed by atoms with van der Waals surface area (Å²) in [6.45, 7) is 0. The number of nitrogens with two attached hydrogens (primary N) is 2. The molecular weight excluding hydrogens is 188 g/mol. The predicted octanol–water partition coefficient (Wildman–Crippen LogP) is -1.70. The summed E-state index contributed by atoms with van der Waals surface area (Å²) in [5.41, 5.74) is 5.02. The van der Waals surface area contributed by atoms with E-state index in [2.05, 4.69) is 20.3 Å². The van der Waals surface area contributed by atoms with Crippen molar-refractivity contribution in [1.29, 1.82) is 0 Å². The largest absolute Gasteiger partial charge is 0.367 e. The molecule has 0 aliphatic carbocycles. The molecule has 0 amide bonds. The van der Waals surface area contributed by atoms with Gasteiger partial charge < -0.3 is 11.9 Å². The molecule has 72 valence electrons. The molecule has 0 unspecified atom stereocenters. The Bertz CT molecular complexity index is 270. The van der Waals surface area contributed by atoms with Gasteiger partial charge in [0.1, 0.15) is 6.33 Å². The van der Waals surface area contributed by atoms with Gasteiger partial charge in [-0.05, 0) is 0 Å². The lowest BCUT2D eigenvalue weighted by Crippen LogP contribution is -2.08. The highest BCUT2D eigenvalue weighted by Crippen LogP contribution is 1.76. The first-order chi connectivity index (χ1) is 4.89. The third-order valence-corrected chi connectivity index (χ3v) is 0.434. The van der Waals surface area contributed by atoms with E-state index in [1.807, 2.05) is 0 Å². The highest BCUT2D eigenvalue weighted by molar-refractivity contribution is 7.83. The molecule has 1 aromatic heterocycles. The number of hydrogen-bond donors (Lipinski definition) is 5. The Labute approximate surface area is 68.6 Å². The monoisotopic (exact) mass is 198 g/mol. The number of nitrogens with zero attached hydrogens (tertiary/aromatic N) is 2. The van der Waals surface area contributed by atoms with Crippen molar-refractivity contribution in [3.8, 4) is 0 Å². The van der Waals surface area contributed by atoms with Crippen LogP contribution in [0.4, 0.5) is 5.95 Å². The maximum atomic E-state index is 8.97. The van der Waals surface area contributed by atoms with Crippen LogP contribution in [0.2, 0.25) is 0 Å². The van der Waals surface area contributed by atoms with Crippen molar-refractivity contribution in [1.82, 2.24) is 21.3 Å². The molecule has 0 bridgehead atoms. The summed E-state index contributed by atoms with van der Waals surface area (Å²) in [6, 6.07) is 0. The number of nitrogen functional groups attached to an aromatic ring is 1. The fraction of sp³-hybridized carbons (Fsp3) is 0. The van der Waals surface area contributed by atoms with Crippen LogP contribution in [0.5, 0.6) is 0 Å². The number of aromatic nitrogens is 3. The molecule has 12 heavy (non-hydrogen) atoms. The van der Waals surface area contributed by atoms with Gasteiger partial charge in [-0.15, -0.1) is 5.10 Å². The normalized spacial score (nSPS) is 9.17. The van der Waals surface area contributed by atoms with Gasteiger partial charge in [-0.3, -0.25) is 9.65 Å². The molecule has 0 aliphatic rings. The second-order valence-corrected chi connectivity index (χ2v) is 2.40. The molecule has 0 spiro atoms. The molecule has 0 radical (unpaired) electrons. The van der Waals surface area contributed by atoms with E-state index in [-0.39, 0.29) is 12.1 Å². The molecule has 9 N–H and O–H groups in total. The summed E-state index contributed by atoms with van der Waals surface area (Å²) in [6.07, 6.45) is 1.43. The van der Waals surface area contributed by atoms with Crippen LogP contribution in [-0.4, -0.2) is 28.2 Å². The fourth-order valence-corrected chi connectivity index (χ4v) is 0.219. The lowest BCUT2D eigenvalue weighted by Gasteiger charge is -1.70. The molecular formula is C2H10N6O3S. The predicted molar refractivity (Wildman–Crippen MR) is 41.6 cm³/mol. The van der Waals surface area contributed by atoms with Gasteiger partial charge in [0, 0.05) is 0 Å². The highest BCUT2D eigenvalue weighted by atomic mass is 32.2. The Kier molecular flexibility index (Phi) is 6.04. The van der Waals surface area contributed by atoms with Crippen molar-refractivity contribution in [3.05, 3.63) is 6.33 Å². The molecule has 0 saturated carbocycles. The average molecular weight is 198 g/mol. The molecule has 0 atom stereocenters. The van der Waals surface area contributed by atoms with Gasteiger partial charge in [-0.25, -0.2) is 10.1 Å². The quantitative estimate of drug-likeness (QED) is 0.307. The molecule has 10 heteroatoms. The summed E-state index contributed by atoms with van der Waals surface area (Å²) in [5, 5.41) is 9.78. The first kappa shape index (κ1) is 13.4. The van der Waals surface area contributed by atoms with Crippen LogP contribution in [0.1, 0.15) is 0 Å². The number of aromatic amines is 1. The van der Waals surface area contributed by atoms with Crippen LogP contribution in [-0.2, 0) is 10.3 Å². The van der Waals surface area contributed by atoms with Crippen molar-refractivity contribution in [3.63, 3.8) is 0 Å². The van der Waals surface area contributed by atoms with E-state index in [1.54, 1.807) is 0 Å². The lowest BCUT2D eigenvalue weighted by atomic mass is 11.1. The summed E-state index contributed by atoms with van der Waals surface area (Å²) < 4.78 is 25.2. The molecule has 1 rings (SSSR count). The van der Waals surface area contributed by atoms with E-state index in [9.17, 15) is 0 Å². The van der Waals surface area contributed by atoms with E-state index in [4.69, 9.17) is 18.7 Å². The molecule has 0 fully saturated rings. The van der Waals surface area contributed by atoms with Crippen LogP contribution in [0.15, 0.2) is 6.33 Å². The average Bonchev–Trinajstić information content (AvgIpc) is 2.12. The molecule has 1 aromatic rings. The van der Waals surface area contributed by atoms with Crippen molar-refractivity contribution < 1.29 is 13.0 Å². The van der Waals surface area contributed by atoms with Crippen molar-refractivity contribution >= 4 is 16.3 Å². The van der Waals surface area contributed by atoms with Gasteiger partial charge >= 0.3 is 10.3 Å². The van der Waals surface area contributed by atoms with Gasteiger partial charge in [0.25, 0.3) is 0 Å². The van der Waals surface area contributed by atoms with Crippen molar-refractivity contribution in [2.24, 2.45) is 5.14 Å². The third-order valence-electron chi connectivity index (χ3n) is 0.434. The maximum absolute atomic E-state index is 8.97. The first-order valence-electron chi connectivity index (χ1n) is 2.26. The van der Waals surface area contributed by atoms with Crippen molar-refractivity contribution in [2.45, 2.75) is 0 Å². The van der Waals surface area contributed by atoms with Gasteiger partial charge in [0.15, 0.2) is 0 Å². The number of hydrogen-bond acceptors (Lipinski definition) is 6. The second-order valence-electron chi connectivity index (χ2n) is 1.37. The Morgan fingerprint density at radius 2 is 2.00 bits per heavy atom. The topological polar surface area (TPSA) is 183 Å². The number of nitrogens with one attached hydrogen (secondary N) is 1. The second kappa shape index (κ2) is 5.42. The summed E-state index contributed by atoms with van der Waals surface area (Å²) >= 11 is 0. The van der Waals surface area contributed by atoms with Crippen LogP contribution < -0.4 is 17.0 Å². The van der Waals surface area contributed by atoms with Crippen molar-refractivity contribution in [2.75, 3.05) is 5.73 Å². The minimum absolute atomic E-state index is 0. The summed E-state index contributed by atoms with van der Waals surface area (Å²) in [7, 11) is -4.17. The van der Waals surface area contributed by atoms with E-state index < -0.39 is 10.3 Å². The maximum Gasteiger partial charge on any atom is 0.330 e. The lowest BCUT2D eigenvalue weighted by molar-refractivity contribution is 0.485. The van der Waals surface area contributed by atoms with E-state index in [1.165, 1.54) is 6.33 Å². The minimum atomic E-state index is -4.17. The minimum Gasteiger partial charge on any atom is -0.367 e. The van der Waals surface area contributed by atoms with Crippen LogP contribution in [0, 0.1) is 0 Å². The standard InChI is InChI=1S/C2H4N4.H3NO3S.H3N/c3-2-4-1-5-6-2;1-5(2,3)4;/h1H,(H3,3,4,5,6);(H3,1,2,3,4);1H3. The zero-order chi connectivity index (χ0) is 8.91. The number of H-pyrrole nitrogens is 1. The SMILES string of the molecule is N.NS(=O)(=O)O.Nc1nc[nH]n1. The zero-order valence-electron chi connectivity index (χ0n) is 6.01. The first-order valence-corrected chi connectivity index (χ1v) is 3.76. The smallest absolute Gasteiger partial charge is 0.330 e. The Morgan fingerprint density at radius 1 is 1.58 bits per heavy atom. The van der Waals surface area contributed by atoms with Gasteiger partial charge in [-0.1, -0.05) is 0 Å². The number of rotatable bonds is 0. The fourth-order valence-electron chi connectivity index (χ4n) is 0.219. The van der Waals surface area contributed by atoms with E-state index in [0.29, 0.717) is 0 Å². The van der Waals surface area contributed by atoms with Gasteiger partial charge in [-0.2, -0.15) is 8.42 Å². The molecule has 0 saturated heterocycles. The van der Waals surface area contributed by atoms with Crippen LogP contribution >= 0.6 is 0 Å². The van der Waals surface area contributed by atoms with Gasteiger partial charge in [0.2, 0.25) is 5.95 Å².